The first-order valence-corrected chi connectivity index (χ1v) is 5.10. The van der Waals surface area contributed by atoms with Crippen molar-refractivity contribution in [3.05, 3.63) is 35.8 Å². The molecule has 0 radical (unpaired) electrons. The van der Waals surface area contributed by atoms with Gasteiger partial charge in [-0.3, -0.25) is 0 Å². The van der Waals surface area contributed by atoms with Gasteiger partial charge in [0.15, 0.2) is 0 Å². The normalized spacial score (nSPS) is 11.0. The number of halogens is 1. The van der Waals surface area contributed by atoms with E-state index in [2.05, 4.69) is 5.16 Å². The summed E-state index contributed by atoms with van der Waals surface area (Å²) in [7, 11) is 0. The predicted molar refractivity (Wildman–Crippen MR) is 60.4 cm³/mol. The van der Waals surface area contributed by atoms with E-state index in [0.29, 0.717) is 11.1 Å². The second kappa shape index (κ2) is 3.96. The molecule has 0 aliphatic rings. The van der Waals surface area contributed by atoms with Crippen LogP contribution in [0, 0.1) is 5.82 Å². The van der Waals surface area contributed by atoms with Crippen LogP contribution in [0.1, 0.15) is 25.5 Å². The summed E-state index contributed by atoms with van der Waals surface area (Å²) in [6.07, 6.45) is 0. The van der Waals surface area contributed by atoms with Crippen LogP contribution < -0.4 is 5.73 Å². The highest BCUT2D eigenvalue weighted by Crippen LogP contribution is 2.33. The number of benzene rings is 1. The molecule has 0 unspecified atom stereocenters. The molecule has 0 spiro atoms. The molecule has 3 nitrogen and oxygen atoms in total. The Labute approximate surface area is 93.1 Å². The minimum absolute atomic E-state index is 0.180. The van der Waals surface area contributed by atoms with Crippen molar-refractivity contribution in [1.29, 1.82) is 0 Å². The average molecular weight is 220 g/mol. The van der Waals surface area contributed by atoms with Crippen molar-refractivity contribution in [2.45, 2.75) is 19.8 Å². The van der Waals surface area contributed by atoms with Crippen molar-refractivity contribution in [2.24, 2.45) is 0 Å². The van der Waals surface area contributed by atoms with Gasteiger partial charge in [-0.05, 0) is 23.6 Å². The molecular formula is C12H13FN2O. The average Bonchev–Trinajstić information content (AvgIpc) is 2.60. The third-order valence-electron chi connectivity index (χ3n) is 2.41. The molecule has 2 aromatic rings. The Balaban J connectivity index is 2.59. The second-order valence-electron chi connectivity index (χ2n) is 3.97. The highest BCUT2D eigenvalue weighted by atomic mass is 19.1. The molecule has 0 fully saturated rings. The summed E-state index contributed by atoms with van der Waals surface area (Å²) in [5.74, 6) is 0.112. The molecule has 1 heterocycles. The van der Waals surface area contributed by atoms with Crippen molar-refractivity contribution in [3.63, 3.8) is 0 Å². The quantitative estimate of drug-likeness (QED) is 0.845. The van der Waals surface area contributed by atoms with E-state index < -0.39 is 0 Å². The number of aromatic nitrogens is 1. The van der Waals surface area contributed by atoms with Crippen molar-refractivity contribution < 1.29 is 8.91 Å². The van der Waals surface area contributed by atoms with E-state index >= 15 is 0 Å². The summed E-state index contributed by atoms with van der Waals surface area (Å²) >= 11 is 0. The summed E-state index contributed by atoms with van der Waals surface area (Å²) in [6, 6.07) is 6.25. The van der Waals surface area contributed by atoms with Gasteiger partial charge in [-0.2, -0.15) is 0 Å². The van der Waals surface area contributed by atoms with Crippen LogP contribution in [-0.2, 0) is 0 Å². The lowest BCUT2D eigenvalue weighted by molar-refractivity contribution is 0.424. The van der Waals surface area contributed by atoms with Gasteiger partial charge in [-0.15, -0.1) is 0 Å². The van der Waals surface area contributed by atoms with Crippen LogP contribution in [0.25, 0.3) is 11.1 Å². The van der Waals surface area contributed by atoms with Crippen molar-refractivity contribution in [1.82, 2.24) is 5.16 Å². The van der Waals surface area contributed by atoms with Crippen LogP contribution in [0.15, 0.2) is 28.8 Å². The van der Waals surface area contributed by atoms with Crippen molar-refractivity contribution in [2.75, 3.05) is 5.73 Å². The number of nitrogen functional groups attached to an aromatic ring is 1. The molecule has 1 aromatic heterocycles. The molecule has 84 valence electrons. The van der Waals surface area contributed by atoms with E-state index in [1.54, 1.807) is 12.1 Å². The maximum absolute atomic E-state index is 13.1. The molecule has 16 heavy (non-hydrogen) atoms. The molecule has 0 bridgehead atoms. The predicted octanol–water partition coefficient (Wildman–Crippen LogP) is 3.19. The number of anilines is 1. The molecule has 0 saturated heterocycles. The number of nitrogens with two attached hydrogens (primary N) is 1. The fourth-order valence-corrected chi connectivity index (χ4v) is 1.64. The van der Waals surface area contributed by atoms with Crippen LogP contribution in [0.4, 0.5) is 10.3 Å². The number of hydrogen-bond acceptors (Lipinski definition) is 3. The monoisotopic (exact) mass is 220 g/mol. The standard InChI is InChI=1S/C12H13FN2O/c1-7(2)11-10(12(14)16-15-11)8-4-3-5-9(13)6-8/h3-7H,14H2,1-2H3. The van der Waals surface area contributed by atoms with Crippen LogP contribution >= 0.6 is 0 Å². The Morgan fingerprint density at radius 2 is 2.12 bits per heavy atom. The lowest BCUT2D eigenvalue weighted by Crippen LogP contribution is -1.93. The summed E-state index contributed by atoms with van der Waals surface area (Å²) in [4.78, 5) is 0. The van der Waals surface area contributed by atoms with Gasteiger partial charge in [-0.25, -0.2) is 4.39 Å². The summed E-state index contributed by atoms with van der Waals surface area (Å²) < 4.78 is 18.1. The van der Waals surface area contributed by atoms with E-state index in [1.807, 2.05) is 13.8 Å². The molecule has 0 amide bonds. The van der Waals surface area contributed by atoms with Gasteiger partial charge in [0.05, 0.1) is 11.3 Å². The van der Waals surface area contributed by atoms with Gasteiger partial charge in [-0.1, -0.05) is 31.1 Å². The largest absolute Gasteiger partial charge is 0.367 e. The highest BCUT2D eigenvalue weighted by molar-refractivity contribution is 5.75. The maximum Gasteiger partial charge on any atom is 0.230 e. The maximum atomic E-state index is 13.1. The van der Waals surface area contributed by atoms with Crippen molar-refractivity contribution >= 4 is 5.88 Å². The van der Waals surface area contributed by atoms with Crippen molar-refractivity contribution in [3.8, 4) is 11.1 Å². The van der Waals surface area contributed by atoms with Gasteiger partial charge in [0.25, 0.3) is 0 Å². The lowest BCUT2D eigenvalue weighted by atomic mass is 9.99. The third-order valence-corrected chi connectivity index (χ3v) is 2.41. The van der Waals surface area contributed by atoms with E-state index in [4.69, 9.17) is 10.3 Å². The fourth-order valence-electron chi connectivity index (χ4n) is 1.64. The lowest BCUT2D eigenvalue weighted by Gasteiger charge is -2.04. The van der Waals surface area contributed by atoms with E-state index in [9.17, 15) is 4.39 Å². The van der Waals surface area contributed by atoms with E-state index in [-0.39, 0.29) is 17.6 Å². The summed E-state index contributed by atoms with van der Waals surface area (Å²) in [5, 5.41) is 3.90. The van der Waals surface area contributed by atoms with Gasteiger partial charge in [0.2, 0.25) is 5.88 Å². The smallest absolute Gasteiger partial charge is 0.230 e. The first kappa shape index (κ1) is 10.7. The molecule has 1 aromatic carbocycles. The van der Waals surface area contributed by atoms with Gasteiger partial charge < -0.3 is 10.3 Å². The van der Waals surface area contributed by atoms with Crippen LogP contribution in [0.2, 0.25) is 0 Å². The topological polar surface area (TPSA) is 52.0 Å². The Hall–Kier alpha value is -1.84. The molecule has 4 heteroatoms. The Kier molecular flexibility index (Phi) is 2.64. The number of rotatable bonds is 2. The Morgan fingerprint density at radius 1 is 1.38 bits per heavy atom. The van der Waals surface area contributed by atoms with E-state index in [1.165, 1.54) is 12.1 Å². The molecule has 0 aliphatic heterocycles. The van der Waals surface area contributed by atoms with Crippen LogP contribution in [0.3, 0.4) is 0 Å². The summed E-state index contributed by atoms with van der Waals surface area (Å²) in [6.45, 7) is 3.97. The zero-order valence-electron chi connectivity index (χ0n) is 9.20. The van der Waals surface area contributed by atoms with E-state index in [0.717, 1.165) is 5.69 Å². The molecule has 0 saturated carbocycles. The first-order chi connectivity index (χ1) is 7.59. The first-order valence-electron chi connectivity index (χ1n) is 5.10. The Bertz CT molecular complexity index is 505. The Morgan fingerprint density at radius 3 is 2.75 bits per heavy atom. The number of nitrogens with zero attached hydrogens (tertiary/aromatic N) is 1. The highest BCUT2D eigenvalue weighted by Gasteiger charge is 2.18. The number of hydrogen-bond donors (Lipinski definition) is 1. The van der Waals surface area contributed by atoms with Gasteiger partial charge >= 0.3 is 0 Å². The third kappa shape index (κ3) is 1.78. The summed E-state index contributed by atoms with van der Waals surface area (Å²) in [5.41, 5.74) is 7.85. The molecular weight excluding hydrogens is 207 g/mol. The zero-order chi connectivity index (χ0) is 11.7. The molecule has 2 N–H and O–H groups in total. The van der Waals surface area contributed by atoms with Crippen LogP contribution in [-0.4, -0.2) is 5.16 Å². The SMILES string of the molecule is CC(C)c1noc(N)c1-c1cccc(F)c1. The van der Waals surface area contributed by atoms with Gasteiger partial charge in [0, 0.05) is 0 Å². The second-order valence-corrected chi connectivity index (χ2v) is 3.97. The fraction of sp³-hybridized carbons (Fsp3) is 0.250. The van der Waals surface area contributed by atoms with Crippen LogP contribution in [0.5, 0.6) is 0 Å². The molecule has 0 aliphatic carbocycles. The zero-order valence-corrected chi connectivity index (χ0v) is 9.20. The minimum atomic E-state index is -0.298. The molecule has 2 rings (SSSR count). The minimum Gasteiger partial charge on any atom is -0.367 e. The molecule has 0 atom stereocenters. The van der Waals surface area contributed by atoms with Gasteiger partial charge in [0.1, 0.15) is 5.82 Å².